The van der Waals surface area contributed by atoms with Crippen molar-refractivity contribution in [1.29, 1.82) is 5.26 Å². The second kappa shape index (κ2) is 4.64. The van der Waals surface area contributed by atoms with Gasteiger partial charge in [0.05, 0.1) is 16.0 Å². The predicted octanol–water partition coefficient (Wildman–Crippen LogP) is 2.30. The van der Waals surface area contributed by atoms with Crippen molar-refractivity contribution in [3.63, 3.8) is 0 Å². The van der Waals surface area contributed by atoms with Gasteiger partial charge in [0.25, 0.3) is 0 Å². The van der Waals surface area contributed by atoms with Crippen LogP contribution in [0, 0.1) is 22.7 Å². The number of nitriles is 1. The van der Waals surface area contributed by atoms with Gasteiger partial charge < -0.3 is 10.0 Å². The molecule has 0 radical (unpaired) electrons. The molecule has 1 aromatic heterocycles. The van der Waals surface area contributed by atoms with Gasteiger partial charge in [-0.3, -0.25) is 4.79 Å². The molecule has 3 rings (SSSR count). The number of rotatable bonds is 2. The van der Waals surface area contributed by atoms with E-state index in [-0.39, 0.29) is 5.92 Å². The number of aliphatic carboxylic acids is 1. The normalized spacial score (nSPS) is 28.2. The van der Waals surface area contributed by atoms with E-state index >= 15 is 0 Å². The molecule has 0 bridgehead atoms. The number of pyridine rings is 1. The first-order valence-corrected chi connectivity index (χ1v) is 6.98. The molecule has 2 heterocycles. The van der Waals surface area contributed by atoms with Crippen LogP contribution in [0.2, 0.25) is 5.02 Å². The molecular weight excluding hydrogens is 278 g/mol. The Morgan fingerprint density at radius 2 is 2.45 bits per heavy atom. The molecule has 2 fully saturated rings. The lowest BCUT2D eigenvalue weighted by Gasteiger charge is -2.24. The van der Waals surface area contributed by atoms with Gasteiger partial charge in [0, 0.05) is 19.3 Å². The summed E-state index contributed by atoms with van der Waals surface area (Å²) in [5.41, 5.74) is -0.245. The highest BCUT2D eigenvalue weighted by Gasteiger charge is 2.55. The lowest BCUT2D eigenvalue weighted by atomic mass is 9.81. The first-order valence-electron chi connectivity index (χ1n) is 6.61. The smallest absolute Gasteiger partial charge is 0.311 e. The topological polar surface area (TPSA) is 77.2 Å². The number of halogens is 1. The van der Waals surface area contributed by atoms with Crippen LogP contribution in [0.1, 0.15) is 24.8 Å². The summed E-state index contributed by atoms with van der Waals surface area (Å²) in [5.74, 6) is 0.0291. The van der Waals surface area contributed by atoms with E-state index in [9.17, 15) is 9.90 Å². The summed E-state index contributed by atoms with van der Waals surface area (Å²) in [6.07, 6.45) is 4.11. The van der Waals surface area contributed by atoms with Crippen LogP contribution in [-0.2, 0) is 4.79 Å². The van der Waals surface area contributed by atoms with Gasteiger partial charge in [0.1, 0.15) is 11.9 Å². The molecule has 0 spiro atoms. The fourth-order valence-corrected chi connectivity index (χ4v) is 3.81. The van der Waals surface area contributed by atoms with Gasteiger partial charge in [0.2, 0.25) is 0 Å². The van der Waals surface area contributed by atoms with Crippen LogP contribution in [0.4, 0.5) is 5.82 Å². The zero-order valence-corrected chi connectivity index (χ0v) is 11.6. The van der Waals surface area contributed by atoms with Crippen LogP contribution >= 0.6 is 11.6 Å². The largest absolute Gasteiger partial charge is 0.481 e. The van der Waals surface area contributed by atoms with E-state index in [2.05, 4.69) is 4.98 Å². The number of hydrogen-bond acceptors (Lipinski definition) is 4. The van der Waals surface area contributed by atoms with Gasteiger partial charge in [-0.2, -0.15) is 5.26 Å². The van der Waals surface area contributed by atoms with Gasteiger partial charge in [-0.25, -0.2) is 4.98 Å². The van der Waals surface area contributed by atoms with Gasteiger partial charge in [-0.15, -0.1) is 0 Å². The second-order valence-electron chi connectivity index (χ2n) is 5.57. The van der Waals surface area contributed by atoms with E-state index in [1.807, 2.05) is 11.0 Å². The van der Waals surface area contributed by atoms with Gasteiger partial charge in [0.15, 0.2) is 0 Å². The Morgan fingerprint density at radius 3 is 3.05 bits per heavy atom. The van der Waals surface area contributed by atoms with Crippen LogP contribution in [0.5, 0.6) is 0 Å². The van der Waals surface area contributed by atoms with Gasteiger partial charge >= 0.3 is 5.97 Å². The zero-order chi connectivity index (χ0) is 14.3. The number of carboxylic acid groups (broad SMARTS) is 1. The highest BCUT2D eigenvalue weighted by molar-refractivity contribution is 6.33. The number of nitrogens with zero attached hydrogens (tertiary/aromatic N) is 3. The molecule has 1 N–H and O–H groups in total. The minimum Gasteiger partial charge on any atom is -0.481 e. The summed E-state index contributed by atoms with van der Waals surface area (Å²) in [6, 6.07) is 3.57. The average Bonchev–Trinajstić information content (AvgIpc) is 2.96. The second-order valence-corrected chi connectivity index (χ2v) is 5.98. The third kappa shape index (κ3) is 1.83. The Morgan fingerprint density at radius 1 is 1.65 bits per heavy atom. The van der Waals surface area contributed by atoms with Gasteiger partial charge in [-0.05, 0) is 24.8 Å². The Balaban J connectivity index is 1.91. The van der Waals surface area contributed by atoms with Crippen molar-refractivity contribution in [2.24, 2.45) is 11.3 Å². The highest BCUT2D eigenvalue weighted by Crippen LogP contribution is 2.50. The molecule has 2 atom stereocenters. The molecule has 1 saturated carbocycles. The zero-order valence-electron chi connectivity index (χ0n) is 10.8. The number of carbonyl (C=O) groups is 1. The summed E-state index contributed by atoms with van der Waals surface area (Å²) in [7, 11) is 0. The lowest BCUT2D eigenvalue weighted by molar-refractivity contribution is -0.149. The Kier molecular flexibility index (Phi) is 3.06. The minimum absolute atomic E-state index is 0.161. The summed E-state index contributed by atoms with van der Waals surface area (Å²) in [4.78, 5) is 17.8. The van der Waals surface area contributed by atoms with Crippen LogP contribution in [0.3, 0.4) is 0 Å². The van der Waals surface area contributed by atoms with E-state index in [1.54, 1.807) is 6.07 Å². The number of hydrogen-bond donors (Lipinski definition) is 1. The Bertz CT molecular complexity index is 613. The molecule has 0 aromatic carbocycles. The van der Waals surface area contributed by atoms with E-state index in [0.29, 0.717) is 29.5 Å². The van der Waals surface area contributed by atoms with Crippen molar-refractivity contribution in [2.75, 3.05) is 18.0 Å². The molecule has 20 heavy (non-hydrogen) atoms. The van der Waals surface area contributed by atoms with E-state index in [0.717, 1.165) is 19.3 Å². The van der Waals surface area contributed by atoms with Crippen molar-refractivity contribution < 1.29 is 9.90 Å². The highest BCUT2D eigenvalue weighted by atomic mass is 35.5. The van der Waals surface area contributed by atoms with Crippen molar-refractivity contribution >= 4 is 23.4 Å². The van der Waals surface area contributed by atoms with E-state index in [1.165, 1.54) is 6.20 Å². The molecule has 1 aliphatic carbocycles. The molecule has 104 valence electrons. The molecule has 0 unspecified atom stereocenters. The molecule has 1 saturated heterocycles. The molecule has 0 amide bonds. The molecular formula is C14H14ClN3O2. The summed E-state index contributed by atoms with van der Waals surface area (Å²) < 4.78 is 0. The number of aromatic nitrogens is 1. The van der Waals surface area contributed by atoms with E-state index in [4.69, 9.17) is 16.9 Å². The molecule has 2 aliphatic rings. The first-order chi connectivity index (χ1) is 9.56. The fraction of sp³-hybridized carbons (Fsp3) is 0.500. The van der Waals surface area contributed by atoms with Crippen LogP contribution in [0.25, 0.3) is 0 Å². The standard InChI is InChI=1S/C14H14ClN3O2/c15-11-4-9(5-16)6-17-12(11)18-7-10-2-1-3-14(10,8-18)13(19)20/h4,6,10H,1-3,7-8H2,(H,19,20)/t10-,14+/m0/s1. The third-order valence-corrected chi connectivity index (χ3v) is 4.83. The minimum atomic E-state index is -0.715. The number of fused-ring (bicyclic) bond motifs is 1. The maximum atomic E-state index is 11.6. The lowest BCUT2D eigenvalue weighted by Crippen LogP contribution is -2.35. The summed E-state index contributed by atoms with van der Waals surface area (Å²) >= 11 is 6.17. The molecule has 5 nitrogen and oxygen atoms in total. The van der Waals surface area contributed by atoms with E-state index < -0.39 is 11.4 Å². The fourth-order valence-electron chi connectivity index (χ4n) is 3.52. The number of anilines is 1. The predicted molar refractivity (Wildman–Crippen MR) is 73.6 cm³/mol. The summed E-state index contributed by atoms with van der Waals surface area (Å²) in [5, 5.41) is 18.8. The molecule has 1 aliphatic heterocycles. The maximum absolute atomic E-state index is 11.6. The third-order valence-electron chi connectivity index (χ3n) is 4.55. The average molecular weight is 292 g/mol. The Labute approximate surface area is 121 Å². The number of carboxylic acids is 1. The Hall–Kier alpha value is -1.80. The van der Waals surface area contributed by atoms with Crippen LogP contribution in [-0.4, -0.2) is 29.1 Å². The SMILES string of the molecule is N#Cc1cnc(N2C[C@@H]3CCC[C@@]3(C(=O)O)C2)c(Cl)c1. The quantitative estimate of drug-likeness (QED) is 0.904. The monoisotopic (exact) mass is 291 g/mol. The van der Waals surface area contributed by atoms with Crippen LogP contribution < -0.4 is 4.90 Å². The van der Waals surface area contributed by atoms with Crippen molar-refractivity contribution in [3.8, 4) is 6.07 Å². The van der Waals surface area contributed by atoms with Crippen molar-refractivity contribution in [2.45, 2.75) is 19.3 Å². The summed E-state index contributed by atoms with van der Waals surface area (Å²) in [6.45, 7) is 1.12. The molecule has 6 heteroatoms. The van der Waals surface area contributed by atoms with Crippen molar-refractivity contribution in [3.05, 3.63) is 22.8 Å². The van der Waals surface area contributed by atoms with Crippen molar-refractivity contribution in [1.82, 2.24) is 4.98 Å². The van der Waals surface area contributed by atoms with Gasteiger partial charge in [-0.1, -0.05) is 18.0 Å². The first kappa shape index (κ1) is 13.2. The van der Waals surface area contributed by atoms with Crippen LogP contribution in [0.15, 0.2) is 12.3 Å². The molecule has 1 aromatic rings. The maximum Gasteiger partial charge on any atom is 0.311 e.